The first-order valence-corrected chi connectivity index (χ1v) is 5.99. The van der Waals surface area contributed by atoms with Crippen LogP contribution in [0.15, 0.2) is 38.6 Å². The van der Waals surface area contributed by atoms with Crippen molar-refractivity contribution in [2.45, 2.75) is 6.54 Å². The highest BCUT2D eigenvalue weighted by Crippen LogP contribution is 2.15. The molecule has 1 aromatic carbocycles. The summed E-state index contributed by atoms with van der Waals surface area (Å²) in [7, 11) is 0. The third kappa shape index (κ3) is 1.91. The van der Waals surface area contributed by atoms with Gasteiger partial charge >= 0.3 is 11.4 Å². The van der Waals surface area contributed by atoms with Crippen LogP contribution in [0.2, 0.25) is 0 Å². The Hall–Kier alpha value is -3.23. The molecule has 9 heteroatoms. The van der Waals surface area contributed by atoms with Gasteiger partial charge in [-0.05, 0) is 6.07 Å². The molecule has 9 nitrogen and oxygen atoms in total. The van der Waals surface area contributed by atoms with Crippen molar-refractivity contribution in [2.75, 3.05) is 5.84 Å². The number of para-hydroxylation sites is 1. The number of hydrogen-bond acceptors (Lipinski definition) is 5. The number of nitrogen functional groups attached to an aromatic ring is 1. The summed E-state index contributed by atoms with van der Waals surface area (Å²) >= 11 is 0. The van der Waals surface area contributed by atoms with Gasteiger partial charge in [-0.15, -0.1) is 0 Å². The molecule has 0 aliphatic rings. The fourth-order valence-corrected chi connectivity index (χ4v) is 2.11. The molecule has 5 N–H and O–H groups in total. The Morgan fingerprint density at radius 2 is 1.86 bits per heavy atom. The minimum absolute atomic E-state index is 0.0463. The minimum atomic E-state index is -0.800. The van der Waals surface area contributed by atoms with Crippen molar-refractivity contribution >= 4 is 11.2 Å². The monoisotopic (exact) mass is 289 g/mol. The molecule has 0 unspecified atom stereocenters. The summed E-state index contributed by atoms with van der Waals surface area (Å²) in [5.41, 5.74) is -1.93. The van der Waals surface area contributed by atoms with Gasteiger partial charge in [-0.2, -0.15) is 4.68 Å². The van der Waals surface area contributed by atoms with Gasteiger partial charge in [-0.25, -0.2) is 9.59 Å². The Balaban J connectivity index is 2.29. The van der Waals surface area contributed by atoms with Crippen LogP contribution in [0.25, 0.3) is 11.2 Å². The van der Waals surface area contributed by atoms with Gasteiger partial charge < -0.3 is 10.9 Å². The Morgan fingerprint density at radius 3 is 2.57 bits per heavy atom. The highest BCUT2D eigenvalue weighted by molar-refractivity contribution is 5.68. The van der Waals surface area contributed by atoms with E-state index in [0.29, 0.717) is 10.2 Å². The molecule has 0 aliphatic heterocycles. The molecule has 0 saturated heterocycles. The zero-order valence-corrected chi connectivity index (χ0v) is 10.7. The van der Waals surface area contributed by atoms with Crippen molar-refractivity contribution in [3.05, 3.63) is 61.2 Å². The normalized spacial score (nSPS) is 11.0. The van der Waals surface area contributed by atoms with Crippen LogP contribution >= 0.6 is 0 Å². The maximum Gasteiger partial charge on any atom is 0.351 e. The quantitative estimate of drug-likeness (QED) is 0.432. The maximum atomic E-state index is 12.3. The summed E-state index contributed by atoms with van der Waals surface area (Å²) in [4.78, 5) is 40.2. The molecule has 21 heavy (non-hydrogen) atoms. The lowest BCUT2D eigenvalue weighted by Gasteiger charge is -2.08. The van der Waals surface area contributed by atoms with Crippen LogP contribution in [-0.2, 0) is 6.54 Å². The molecule has 0 saturated carbocycles. The number of imidazole rings is 1. The van der Waals surface area contributed by atoms with Gasteiger partial charge in [0.15, 0.2) is 11.2 Å². The summed E-state index contributed by atoms with van der Waals surface area (Å²) < 4.78 is 1.51. The Morgan fingerprint density at radius 1 is 1.14 bits per heavy atom. The van der Waals surface area contributed by atoms with E-state index in [4.69, 9.17) is 5.84 Å². The van der Waals surface area contributed by atoms with Gasteiger partial charge in [0.1, 0.15) is 5.75 Å². The second-order valence-electron chi connectivity index (χ2n) is 4.48. The molecular weight excluding hydrogens is 278 g/mol. The Labute approximate surface area is 115 Å². The predicted octanol–water partition coefficient (Wildman–Crippen LogP) is -1.35. The first-order valence-electron chi connectivity index (χ1n) is 5.99. The lowest BCUT2D eigenvalue weighted by atomic mass is 10.2. The number of aromatic nitrogens is 4. The minimum Gasteiger partial charge on any atom is -0.508 e. The number of aromatic hydroxyl groups is 1. The van der Waals surface area contributed by atoms with E-state index in [0.717, 1.165) is 4.57 Å². The van der Waals surface area contributed by atoms with E-state index in [1.54, 1.807) is 18.2 Å². The van der Waals surface area contributed by atoms with Gasteiger partial charge in [0.2, 0.25) is 0 Å². The van der Waals surface area contributed by atoms with Crippen molar-refractivity contribution in [1.82, 2.24) is 19.2 Å². The van der Waals surface area contributed by atoms with E-state index in [-0.39, 0.29) is 23.5 Å². The molecule has 0 fully saturated rings. The number of rotatable bonds is 2. The van der Waals surface area contributed by atoms with Crippen LogP contribution in [0.3, 0.4) is 0 Å². The molecule has 108 valence electrons. The van der Waals surface area contributed by atoms with Crippen LogP contribution in [0.1, 0.15) is 5.56 Å². The number of phenolic OH excluding ortho intramolecular Hbond substituents is 1. The molecule has 0 spiro atoms. The number of H-pyrrole nitrogens is 2. The SMILES string of the molecule is Nn1c(=O)n(Cc2ccccc2O)c(=O)c2[nH]c(=O)[nH]c21. The van der Waals surface area contributed by atoms with Crippen molar-refractivity contribution in [1.29, 1.82) is 0 Å². The van der Waals surface area contributed by atoms with Crippen molar-refractivity contribution in [2.24, 2.45) is 0 Å². The second kappa shape index (κ2) is 4.40. The number of hydrogen-bond donors (Lipinski definition) is 4. The Kier molecular flexibility index (Phi) is 2.68. The lowest BCUT2D eigenvalue weighted by Crippen LogP contribution is -2.43. The van der Waals surface area contributed by atoms with Crippen molar-refractivity contribution < 1.29 is 5.11 Å². The first kappa shape index (κ1) is 12.8. The van der Waals surface area contributed by atoms with Crippen LogP contribution in [-0.4, -0.2) is 24.3 Å². The highest BCUT2D eigenvalue weighted by Gasteiger charge is 2.15. The van der Waals surface area contributed by atoms with E-state index < -0.39 is 16.9 Å². The van der Waals surface area contributed by atoms with Gasteiger partial charge in [0, 0.05) is 5.56 Å². The number of benzene rings is 1. The summed E-state index contributed by atoms with van der Waals surface area (Å²) in [6.45, 7) is -0.162. The molecule has 0 radical (unpaired) electrons. The summed E-state index contributed by atoms with van der Waals surface area (Å²) in [5.74, 6) is 5.54. The largest absolute Gasteiger partial charge is 0.508 e. The van der Waals surface area contributed by atoms with Crippen molar-refractivity contribution in [3.8, 4) is 5.75 Å². The highest BCUT2D eigenvalue weighted by atomic mass is 16.3. The third-order valence-corrected chi connectivity index (χ3v) is 3.16. The molecular formula is C12H11N5O4. The van der Waals surface area contributed by atoms with E-state index >= 15 is 0 Å². The van der Waals surface area contributed by atoms with E-state index in [1.807, 2.05) is 0 Å². The zero-order valence-electron chi connectivity index (χ0n) is 10.7. The number of nitrogens with zero attached hydrogens (tertiary/aromatic N) is 2. The Bertz CT molecular complexity index is 1010. The van der Waals surface area contributed by atoms with Crippen LogP contribution in [0, 0.1) is 0 Å². The smallest absolute Gasteiger partial charge is 0.351 e. The molecule has 0 amide bonds. The standard InChI is InChI=1S/C12H11N5O4/c13-17-9-8(14-11(20)15-9)10(19)16(12(17)21)5-6-3-1-2-4-7(6)18/h1-4,18H,5,13H2,(H2,14,15,20). The van der Waals surface area contributed by atoms with Crippen LogP contribution < -0.4 is 22.8 Å². The fourth-order valence-electron chi connectivity index (χ4n) is 2.11. The number of phenols is 1. The van der Waals surface area contributed by atoms with Gasteiger partial charge in [0.25, 0.3) is 5.56 Å². The zero-order chi connectivity index (χ0) is 15.1. The van der Waals surface area contributed by atoms with Gasteiger partial charge in [-0.3, -0.25) is 19.3 Å². The number of aromatic amines is 2. The lowest BCUT2D eigenvalue weighted by molar-refractivity contribution is 0.464. The molecule has 0 atom stereocenters. The molecule has 2 aromatic heterocycles. The topological polar surface area (TPSA) is 139 Å². The predicted molar refractivity (Wildman–Crippen MR) is 74.8 cm³/mol. The number of nitrogens with two attached hydrogens (primary N) is 1. The van der Waals surface area contributed by atoms with Gasteiger partial charge in [-0.1, -0.05) is 18.2 Å². The third-order valence-electron chi connectivity index (χ3n) is 3.16. The summed E-state index contributed by atoms with van der Waals surface area (Å²) in [5, 5.41) is 9.72. The summed E-state index contributed by atoms with van der Waals surface area (Å²) in [6.07, 6.45) is 0. The average Bonchev–Trinajstić information content (AvgIpc) is 2.85. The second-order valence-corrected chi connectivity index (χ2v) is 4.48. The van der Waals surface area contributed by atoms with Crippen LogP contribution in [0.4, 0.5) is 0 Å². The molecule has 3 aromatic rings. The summed E-state index contributed by atoms with van der Waals surface area (Å²) in [6, 6.07) is 6.30. The van der Waals surface area contributed by atoms with Crippen LogP contribution in [0.5, 0.6) is 5.75 Å². The molecule has 3 rings (SSSR count). The van der Waals surface area contributed by atoms with E-state index in [2.05, 4.69) is 9.97 Å². The fraction of sp³-hybridized carbons (Fsp3) is 0.0833. The molecule has 2 heterocycles. The van der Waals surface area contributed by atoms with E-state index in [1.165, 1.54) is 6.07 Å². The number of fused-ring (bicyclic) bond motifs is 1. The molecule has 0 bridgehead atoms. The average molecular weight is 289 g/mol. The van der Waals surface area contributed by atoms with Crippen molar-refractivity contribution in [3.63, 3.8) is 0 Å². The van der Waals surface area contributed by atoms with E-state index in [9.17, 15) is 19.5 Å². The van der Waals surface area contributed by atoms with Gasteiger partial charge in [0.05, 0.1) is 6.54 Å². The molecule has 0 aliphatic carbocycles. The number of nitrogens with one attached hydrogen (secondary N) is 2. The maximum absolute atomic E-state index is 12.3. The first-order chi connectivity index (χ1) is 9.99.